The lowest BCUT2D eigenvalue weighted by Crippen LogP contribution is -2.46. The molecule has 5 rings (SSSR count). The van der Waals surface area contributed by atoms with Crippen LogP contribution >= 0.6 is 35.2 Å². The third-order valence-corrected chi connectivity index (χ3v) is 7.94. The van der Waals surface area contributed by atoms with Crippen LogP contribution in [-0.2, 0) is 17.6 Å². The largest absolute Gasteiger partial charge is 0.358 e. The topological polar surface area (TPSA) is 107 Å². The Morgan fingerprint density at radius 2 is 2.03 bits per heavy atom. The van der Waals surface area contributed by atoms with Gasteiger partial charge in [0, 0.05) is 35.6 Å². The number of carbonyl (C=O) groups is 2. The van der Waals surface area contributed by atoms with Crippen molar-refractivity contribution in [2.24, 2.45) is 11.8 Å². The number of halogens is 1. The van der Waals surface area contributed by atoms with Gasteiger partial charge in [0.1, 0.15) is 10.2 Å². The minimum atomic E-state index is -0.0897. The lowest BCUT2D eigenvalue weighted by molar-refractivity contribution is -0.117. The van der Waals surface area contributed by atoms with Crippen LogP contribution in [0.5, 0.6) is 0 Å². The molecule has 2 heterocycles. The molecule has 2 fully saturated rings. The van der Waals surface area contributed by atoms with E-state index in [0.29, 0.717) is 39.7 Å². The second-order valence-electron chi connectivity index (χ2n) is 9.16. The molecule has 180 valence electrons. The van der Waals surface area contributed by atoms with E-state index in [1.165, 1.54) is 17.7 Å². The summed E-state index contributed by atoms with van der Waals surface area (Å²) in [6.45, 7) is 0.694. The number of fused-ring (bicyclic) bond motifs is 1. The molecule has 2 aromatic heterocycles. The van der Waals surface area contributed by atoms with Crippen molar-refractivity contribution >= 4 is 62.8 Å². The van der Waals surface area contributed by atoms with E-state index in [9.17, 15) is 9.59 Å². The van der Waals surface area contributed by atoms with Gasteiger partial charge in [-0.15, -0.1) is 11.3 Å². The normalized spacial score (nSPS) is 19.0. The Morgan fingerprint density at radius 1 is 1.21 bits per heavy atom. The molecule has 11 heteroatoms. The molecule has 0 unspecified atom stereocenters. The fourth-order valence-corrected chi connectivity index (χ4v) is 5.71. The molecule has 0 aromatic carbocycles. The first-order valence-corrected chi connectivity index (χ1v) is 13.2. The highest BCUT2D eigenvalue weighted by Gasteiger charge is 2.34. The van der Waals surface area contributed by atoms with Crippen LogP contribution in [0.3, 0.4) is 0 Å². The lowest BCUT2D eigenvalue weighted by atomic mass is 9.91. The molecule has 8 nitrogen and oxygen atoms in total. The van der Waals surface area contributed by atoms with Crippen LogP contribution in [0.4, 0.5) is 10.7 Å². The number of aryl methyl sites for hydroxylation is 1. The van der Waals surface area contributed by atoms with Crippen molar-refractivity contribution < 1.29 is 9.59 Å². The maximum atomic E-state index is 13.2. The fraction of sp³-hybridized carbons (Fsp3) is 0.478. The number of rotatable bonds is 8. The summed E-state index contributed by atoms with van der Waals surface area (Å²) in [5.74, 6) is 0.607. The van der Waals surface area contributed by atoms with Crippen LogP contribution in [0.15, 0.2) is 18.3 Å². The minimum absolute atomic E-state index is 0.0252. The van der Waals surface area contributed by atoms with E-state index in [4.69, 9.17) is 23.8 Å². The van der Waals surface area contributed by atoms with Crippen LogP contribution in [0.25, 0.3) is 0 Å². The number of carbonyl (C=O) groups excluding carboxylic acids is 2. The lowest BCUT2D eigenvalue weighted by Gasteiger charge is -2.25. The van der Waals surface area contributed by atoms with Crippen molar-refractivity contribution in [2.45, 2.75) is 51.0 Å². The maximum Gasteiger partial charge on any atom is 0.254 e. The zero-order chi connectivity index (χ0) is 23.7. The molecule has 34 heavy (non-hydrogen) atoms. The van der Waals surface area contributed by atoms with Crippen molar-refractivity contribution in [3.8, 4) is 0 Å². The third-order valence-electron chi connectivity index (χ3n) is 6.30. The van der Waals surface area contributed by atoms with Crippen LogP contribution in [0, 0.1) is 11.8 Å². The van der Waals surface area contributed by atoms with Crippen LogP contribution < -0.4 is 26.8 Å². The van der Waals surface area contributed by atoms with Gasteiger partial charge in [0.25, 0.3) is 5.91 Å². The van der Waals surface area contributed by atoms with Gasteiger partial charge in [0.15, 0.2) is 5.11 Å². The molecular weight excluding hydrogens is 492 g/mol. The highest BCUT2D eigenvalue weighted by atomic mass is 35.5. The standard InChI is InChI=1S/C23H27ClN6O2S2/c24-18-10-15(7-8-25-18)29-30-23(33)27-14-5-6-17-16(9-14)19(21(32)26-11-12-1-2-12)22(34-17)28-20(31)13-3-4-13/h7-8,10,12-14H,1-6,9,11H2,(H,25,29)(H,26,32)(H,28,31)(H2,27,30,33)/t14-/m0/s1. The number of nitrogens with one attached hydrogen (secondary N) is 5. The van der Waals surface area contributed by atoms with E-state index >= 15 is 0 Å². The molecule has 0 spiro atoms. The van der Waals surface area contributed by atoms with E-state index in [1.807, 2.05) is 0 Å². The number of thiophene rings is 1. The van der Waals surface area contributed by atoms with Gasteiger partial charge in [0.2, 0.25) is 5.91 Å². The summed E-state index contributed by atoms with van der Waals surface area (Å²) in [5.41, 5.74) is 8.38. The summed E-state index contributed by atoms with van der Waals surface area (Å²) in [6.07, 6.45) is 8.18. The molecule has 0 aliphatic heterocycles. The molecule has 0 saturated heterocycles. The second-order valence-corrected chi connectivity index (χ2v) is 11.1. The van der Waals surface area contributed by atoms with Crippen LogP contribution in [0.2, 0.25) is 5.15 Å². The summed E-state index contributed by atoms with van der Waals surface area (Å²) in [4.78, 5) is 30.8. The van der Waals surface area contributed by atoms with Gasteiger partial charge in [-0.1, -0.05) is 11.6 Å². The number of hydrogen-bond donors (Lipinski definition) is 5. The van der Waals surface area contributed by atoms with Crippen LogP contribution in [0.1, 0.15) is 52.9 Å². The molecule has 3 aliphatic rings. The number of amides is 2. The van der Waals surface area contributed by atoms with Gasteiger partial charge in [-0.25, -0.2) is 4.98 Å². The summed E-state index contributed by atoms with van der Waals surface area (Å²) in [5, 5.41) is 11.0. The first-order valence-electron chi connectivity index (χ1n) is 11.6. The number of anilines is 2. The molecular formula is C23H27ClN6O2S2. The zero-order valence-electron chi connectivity index (χ0n) is 18.6. The Morgan fingerprint density at radius 3 is 2.76 bits per heavy atom. The Kier molecular flexibility index (Phi) is 6.89. The second kappa shape index (κ2) is 10.1. The van der Waals surface area contributed by atoms with E-state index in [-0.39, 0.29) is 23.8 Å². The molecule has 2 aromatic rings. The minimum Gasteiger partial charge on any atom is -0.358 e. The summed E-state index contributed by atoms with van der Waals surface area (Å²) < 4.78 is 0. The number of aromatic nitrogens is 1. The summed E-state index contributed by atoms with van der Waals surface area (Å²) in [6, 6.07) is 3.55. The first-order chi connectivity index (χ1) is 16.5. The Balaban J connectivity index is 1.25. The van der Waals surface area contributed by atoms with Gasteiger partial charge in [-0.3, -0.25) is 20.4 Å². The molecule has 2 amide bonds. The van der Waals surface area contributed by atoms with Crippen LogP contribution in [-0.4, -0.2) is 34.5 Å². The smallest absolute Gasteiger partial charge is 0.254 e. The predicted octanol–water partition coefficient (Wildman–Crippen LogP) is 3.63. The Hall–Kier alpha value is -2.43. The highest BCUT2D eigenvalue weighted by molar-refractivity contribution is 7.80. The van der Waals surface area contributed by atoms with Crippen molar-refractivity contribution in [3.63, 3.8) is 0 Å². The third kappa shape index (κ3) is 5.79. The average molecular weight is 519 g/mol. The SMILES string of the molecule is O=C(NCC1CC1)c1c(NC(=O)C2CC2)sc2c1C[C@@H](NC(=S)NNc1ccnc(Cl)c1)CC2. The monoisotopic (exact) mass is 518 g/mol. The van der Waals surface area contributed by atoms with Gasteiger partial charge in [0.05, 0.1) is 11.3 Å². The zero-order valence-corrected chi connectivity index (χ0v) is 21.0. The molecule has 1 atom stereocenters. The van der Waals surface area contributed by atoms with Gasteiger partial charge in [-0.05, 0) is 74.7 Å². The summed E-state index contributed by atoms with van der Waals surface area (Å²) >= 11 is 12.9. The summed E-state index contributed by atoms with van der Waals surface area (Å²) in [7, 11) is 0. The predicted molar refractivity (Wildman–Crippen MR) is 138 cm³/mol. The number of hydrazine groups is 1. The van der Waals surface area contributed by atoms with E-state index in [1.54, 1.807) is 29.7 Å². The number of pyridine rings is 1. The molecule has 2 saturated carbocycles. The van der Waals surface area contributed by atoms with E-state index in [2.05, 4.69) is 31.8 Å². The van der Waals surface area contributed by atoms with Crippen molar-refractivity contribution in [2.75, 3.05) is 17.3 Å². The van der Waals surface area contributed by atoms with Crippen molar-refractivity contribution in [1.82, 2.24) is 21.0 Å². The van der Waals surface area contributed by atoms with E-state index < -0.39 is 0 Å². The molecule has 3 aliphatic carbocycles. The average Bonchev–Trinajstić information content (AvgIpc) is 3.73. The van der Waals surface area contributed by atoms with Gasteiger partial charge >= 0.3 is 0 Å². The molecule has 5 N–H and O–H groups in total. The fourth-order valence-electron chi connectivity index (χ4n) is 4.07. The van der Waals surface area contributed by atoms with Gasteiger partial charge in [-0.2, -0.15) is 0 Å². The number of hydrogen-bond acceptors (Lipinski definition) is 6. The van der Waals surface area contributed by atoms with E-state index in [0.717, 1.165) is 36.9 Å². The highest BCUT2D eigenvalue weighted by Crippen LogP contribution is 2.40. The molecule has 0 bridgehead atoms. The quantitative estimate of drug-likeness (QED) is 0.206. The van der Waals surface area contributed by atoms with Crippen molar-refractivity contribution in [3.05, 3.63) is 39.5 Å². The Bertz CT molecular complexity index is 1110. The van der Waals surface area contributed by atoms with Crippen molar-refractivity contribution in [1.29, 1.82) is 0 Å². The molecule has 0 radical (unpaired) electrons. The van der Waals surface area contributed by atoms with Gasteiger partial charge < -0.3 is 16.0 Å². The first kappa shape index (κ1) is 23.3. The number of nitrogens with zero attached hydrogens (tertiary/aromatic N) is 1. The maximum absolute atomic E-state index is 13.2. The Labute approximate surface area is 212 Å². The number of thiocarbonyl (C=S) groups is 1.